The standard InChI is InChI=1S/C29H33N3O4/c1-4-17-30-28(34)20(2)32(19-21-13-15-23(36-3)16-14-21)26(33)12-7-18-31-25-11-6-9-22-8-5-10-24(27(22)25)29(31)35/h5-6,8-11,13-16,20H,4,7,12,17-19H2,1-3H3,(H,30,34)/t20-/m0/s1. The Morgan fingerprint density at radius 1 is 1.06 bits per heavy atom. The molecule has 0 spiro atoms. The second-order valence-electron chi connectivity index (χ2n) is 9.08. The third-order valence-electron chi connectivity index (χ3n) is 6.65. The molecule has 7 heteroatoms. The summed E-state index contributed by atoms with van der Waals surface area (Å²) in [6, 6.07) is 18.5. The van der Waals surface area contributed by atoms with Gasteiger partial charge in [-0.2, -0.15) is 0 Å². The molecule has 1 aliphatic heterocycles. The highest BCUT2D eigenvalue weighted by Crippen LogP contribution is 2.37. The van der Waals surface area contributed by atoms with Crippen LogP contribution in [0.15, 0.2) is 60.7 Å². The summed E-state index contributed by atoms with van der Waals surface area (Å²) in [5.41, 5.74) is 2.51. The summed E-state index contributed by atoms with van der Waals surface area (Å²) in [6.07, 6.45) is 1.55. The van der Waals surface area contributed by atoms with Crippen molar-refractivity contribution in [2.45, 2.75) is 45.7 Å². The lowest BCUT2D eigenvalue weighted by molar-refractivity contribution is -0.140. The third kappa shape index (κ3) is 5.20. The van der Waals surface area contributed by atoms with Crippen LogP contribution in [0.2, 0.25) is 0 Å². The third-order valence-corrected chi connectivity index (χ3v) is 6.65. The van der Waals surface area contributed by atoms with Crippen LogP contribution in [0.3, 0.4) is 0 Å². The molecule has 1 N–H and O–H groups in total. The summed E-state index contributed by atoms with van der Waals surface area (Å²) in [7, 11) is 1.61. The van der Waals surface area contributed by atoms with Crippen molar-refractivity contribution in [1.29, 1.82) is 0 Å². The Kier molecular flexibility index (Phi) is 7.88. The number of amides is 3. The van der Waals surface area contributed by atoms with Crippen molar-refractivity contribution < 1.29 is 19.1 Å². The number of nitrogens with zero attached hydrogens (tertiary/aromatic N) is 2. The van der Waals surface area contributed by atoms with Crippen molar-refractivity contribution in [1.82, 2.24) is 10.2 Å². The Labute approximate surface area is 212 Å². The molecule has 0 radical (unpaired) electrons. The van der Waals surface area contributed by atoms with E-state index in [4.69, 9.17) is 4.74 Å². The van der Waals surface area contributed by atoms with E-state index < -0.39 is 6.04 Å². The van der Waals surface area contributed by atoms with Crippen molar-refractivity contribution in [2.75, 3.05) is 25.1 Å². The number of nitrogens with one attached hydrogen (secondary N) is 1. The summed E-state index contributed by atoms with van der Waals surface area (Å²) in [5.74, 6) is 0.413. The first-order valence-electron chi connectivity index (χ1n) is 12.5. The minimum absolute atomic E-state index is 0.0309. The monoisotopic (exact) mass is 487 g/mol. The van der Waals surface area contributed by atoms with E-state index in [1.807, 2.05) is 67.6 Å². The van der Waals surface area contributed by atoms with E-state index in [0.29, 0.717) is 31.6 Å². The average molecular weight is 488 g/mol. The van der Waals surface area contributed by atoms with Crippen LogP contribution in [0.1, 0.15) is 49.0 Å². The smallest absolute Gasteiger partial charge is 0.258 e. The lowest BCUT2D eigenvalue weighted by atomic mass is 10.1. The maximum absolute atomic E-state index is 13.4. The molecular weight excluding hydrogens is 454 g/mol. The lowest BCUT2D eigenvalue weighted by Crippen LogP contribution is -2.47. The van der Waals surface area contributed by atoms with Crippen LogP contribution >= 0.6 is 0 Å². The van der Waals surface area contributed by atoms with Crippen LogP contribution in [0.5, 0.6) is 5.75 Å². The van der Waals surface area contributed by atoms with Gasteiger partial charge >= 0.3 is 0 Å². The van der Waals surface area contributed by atoms with Gasteiger partial charge in [0, 0.05) is 37.0 Å². The fraction of sp³-hybridized carbons (Fsp3) is 0.345. The lowest BCUT2D eigenvalue weighted by Gasteiger charge is -2.29. The van der Waals surface area contributed by atoms with Crippen LogP contribution in [0.25, 0.3) is 10.8 Å². The first-order chi connectivity index (χ1) is 17.4. The molecule has 7 nitrogen and oxygen atoms in total. The van der Waals surface area contributed by atoms with Crippen LogP contribution < -0.4 is 15.0 Å². The maximum atomic E-state index is 13.4. The Bertz CT molecular complexity index is 1250. The predicted octanol–water partition coefficient (Wildman–Crippen LogP) is 4.53. The van der Waals surface area contributed by atoms with Gasteiger partial charge in [-0.25, -0.2) is 0 Å². The van der Waals surface area contributed by atoms with Crippen molar-refractivity contribution in [3.8, 4) is 5.75 Å². The zero-order valence-electron chi connectivity index (χ0n) is 21.1. The molecule has 1 atom stereocenters. The predicted molar refractivity (Wildman–Crippen MR) is 141 cm³/mol. The first-order valence-corrected chi connectivity index (χ1v) is 12.5. The summed E-state index contributed by atoms with van der Waals surface area (Å²) in [6.45, 7) is 5.07. The van der Waals surface area contributed by atoms with Gasteiger partial charge < -0.3 is 19.9 Å². The quantitative estimate of drug-likeness (QED) is 0.431. The zero-order chi connectivity index (χ0) is 25.7. The first kappa shape index (κ1) is 25.2. The molecule has 3 aromatic carbocycles. The highest BCUT2D eigenvalue weighted by atomic mass is 16.5. The van der Waals surface area contributed by atoms with Crippen molar-refractivity contribution >= 4 is 34.2 Å². The van der Waals surface area contributed by atoms with Gasteiger partial charge in [-0.05, 0) is 55.0 Å². The molecule has 0 saturated heterocycles. The van der Waals surface area contributed by atoms with Crippen LogP contribution in [-0.4, -0.2) is 48.9 Å². The number of carbonyl (C=O) groups is 3. The van der Waals surface area contributed by atoms with Gasteiger partial charge in [0.1, 0.15) is 11.8 Å². The molecule has 0 saturated carbocycles. The van der Waals surface area contributed by atoms with Crippen LogP contribution in [-0.2, 0) is 16.1 Å². The van der Waals surface area contributed by atoms with Crippen molar-refractivity contribution in [3.63, 3.8) is 0 Å². The minimum Gasteiger partial charge on any atom is -0.497 e. The SMILES string of the molecule is CCCNC(=O)[C@H](C)N(Cc1ccc(OC)cc1)C(=O)CCCN1C(=O)c2cccc3cccc1c23. The molecule has 0 unspecified atom stereocenters. The molecule has 36 heavy (non-hydrogen) atoms. The van der Waals surface area contributed by atoms with E-state index in [2.05, 4.69) is 5.32 Å². The Morgan fingerprint density at radius 3 is 2.47 bits per heavy atom. The number of carbonyl (C=O) groups excluding carboxylic acids is 3. The van der Waals surface area contributed by atoms with E-state index in [1.54, 1.807) is 23.8 Å². The molecule has 0 aliphatic carbocycles. The highest BCUT2D eigenvalue weighted by Gasteiger charge is 2.30. The van der Waals surface area contributed by atoms with Gasteiger partial charge in [0.15, 0.2) is 0 Å². The second kappa shape index (κ2) is 11.2. The van der Waals surface area contributed by atoms with E-state index >= 15 is 0 Å². The number of benzene rings is 3. The summed E-state index contributed by atoms with van der Waals surface area (Å²) < 4.78 is 5.23. The fourth-order valence-corrected chi connectivity index (χ4v) is 4.64. The van der Waals surface area contributed by atoms with Gasteiger partial charge in [-0.15, -0.1) is 0 Å². The number of rotatable bonds is 11. The largest absolute Gasteiger partial charge is 0.497 e. The molecule has 4 rings (SSSR count). The summed E-state index contributed by atoms with van der Waals surface area (Å²) in [5, 5.41) is 4.90. The van der Waals surface area contributed by atoms with Crippen LogP contribution in [0.4, 0.5) is 5.69 Å². The van der Waals surface area contributed by atoms with E-state index in [9.17, 15) is 14.4 Å². The molecular formula is C29H33N3O4. The Hall–Kier alpha value is -3.87. The number of anilines is 1. The molecule has 3 aromatic rings. The molecule has 188 valence electrons. The number of methoxy groups -OCH3 is 1. The van der Waals surface area contributed by atoms with E-state index in [0.717, 1.165) is 34.2 Å². The second-order valence-corrected chi connectivity index (χ2v) is 9.08. The van der Waals surface area contributed by atoms with E-state index in [1.165, 1.54) is 0 Å². The summed E-state index contributed by atoms with van der Waals surface area (Å²) >= 11 is 0. The number of ether oxygens (including phenoxy) is 1. The minimum atomic E-state index is -0.613. The Morgan fingerprint density at radius 2 is 1.78 bits per heavy atom. The van der Waals surface area contributed by atoms with Crippen molar-refractivity contribution in [3.05, 3.63) is 71.8 Å². The molecule has 1 aliphatic rings. The maximum Gasteiger partial charge on any atom is 0.258 e. The molecule has 0 fully saturated rings. The van der Waals surface area contributed by atoms with Crippen molar-refractivity contribution in [2.24, 2.45) is 0 Å². The van der Waals surface area contributed by atoms with Gasteiger partial charge in [0.05, 0.1) is 12.8 Å². The Balaban J connectivity index is 1.45. The van der Waals surface area contributed by atoms with E-state index in [-0.39, 0.29) is 24.1 Å². The molecule has 3 amide bonds. The molecule has 0 bridgehead atoms. The molecule has 0 aromatic heterocycles. The van der Waals surface area contributed by atoms with Gasteiger partial charge in [-0.3, -0.25) is 14.4 Å². The highest BCUT2D eigenvalue weighted by molar-refractivity contribution is 6.25. The normalized spacial score (nSPS) is 13.1. The fourth-order valence-electron chi connectivity index (χ4n) is 4.64. The van der Waals surface area contributed by atoms with Gasteiger partial charge in [0.2, 0.25) is 11.8 Å². The number of hydrogen-bond donors (Lipinski definition) is 1. The number of hydrogen-bond acceptors (Lipinski definition) is 4. The molecule has 1 heterocycles. The topological polar surface area (TPSA) is 79.0 Å². The zero-order valence-corrected chi connectivity index (χ0v) is 21.1. The van der Waals surface area contributed by atoms with Gasteiger partial charge in [0.25, 0.3) is 5.91 Å². The summed E-state index contributed by atoms with van der Waals surface area (Å²) in [4.78, 5) is 42.5. The van der Waals surface area contributed by atoms with Crippen LogP contribution in [0, 0.1) is 0 Å². The van der Waals surface area contributed by atoms with Gasteiger partial charge in [-0.1, -0.05) is 43.3 Å². The average Bonchev–Trinajstić information content (AvgIpc) is 3.18.